The Morgan fingerprint density at radius 1 is 1.30 bits per heavy atom. The predicted octanol–water partition coefficient (Wildman–Crippen LogP) is 4.74. The minimum Gasteiger partial charge on any atom is -0.302 e. The van der Waals surface area contributed by atoms with Crippen LogP contribution in [-0.4, -0.2) is 10.9 Å². The Morgan fingerprint density at radius 2 is 1.96 bits per heavy atom. The molecule has 1 amide bonds. The van der Waals surface area contributed by atoms with E-state index in [1.54, 1.807) is 6.20 Å². The molecule has 0 aliphatic carbocycles. The number of nitrogens with one attached hydrogen (secondary N) is 1. The highest BCUT2D eigenvalue weighted by Gasteiger charge is 2.29. The van der Waals surface area contributed by atoms with Crippen LogP contribution in [0.5, 0.6) is 0 Å². The molecule has 0 spiro atoms. The van der Waals surface area contributed by atoms with Gasteiger partial charge < -0.3 is 5.32 Å². The lowest BCUT2D eigenvalue weighted by atomic mass is 10.1. The van der Waals surface area contributed by atoms with E-state index in [9.17, 15) is 18.0 Å². The molecule has 1 aromatic carbocycles. The van der Waals surface area contributed by atoms with Crippen molar-refractivity contribution in [1.29, 1.82) is 0 Å². The fourth-order valence-electron chi connectivity index (χ4n) is 1.87. The van der Waals surface area contributed by atoms with Crippen molar-refractivity contribution in [2.75, 3.05) is 5.32 Å². The molecule has 7 heteroatoms. The number of anilines is 1. The zero-order valence-electron chi connectivity index (χ0n) is 12.8. The third-order valence-corrected chi connectivity index (χ3v) is 4.42. The summed E-state index contributed by atoms with van der Waals surface area (Å²) in [7, 11) is 0. The van der Waals surface area contributed by atoms with Gasteiger partial charge in [0.15, 0.2) is 5.13 Å². The maximum atomic E-state index is 12.5. The topological polar surface area (TPSA) is 42.0 Å². The third-order valence-electron chi connectivity index (χ3n) is 3.50. The Hall–Kier alpha value is -1.89. The molecule has 0 radical (unpaired) electrons. The van der Waals surface area contributed by atoms with Gasteiger partial charge in [-0.1, -0.05) is 26.0 Å². The highest BCUT2D eigenvalue weighted by atomic mass is 32.1. The molecule has 0 fully saturated rings. The average Bonchev–Trinajstić information content (AvgIpc) is 2.93. The van der Waals surface area contributed by atoms with Crippen molar-refractivity contribution >= 4 is 22.4 Å². The zero-order chi connectivity index (χ0) is 17.0. The van der Waals surface area contributed by atoms with E-state index < -0.39 is 11.7 Å². The van der Waals surface area contributed by atoms with Crippen molar-refractivity contribution in [1.82, 2.24) is 4.98 Å². The molecule has 1 aromatic heterocycles. The minimum atomic E-state index is -4.32. The molecule has 2 rings (SSSR count). The summed E-state index contributed by atoms with van der Waals surface area (Å²) in [6, 6.07) is 5.06. The number of alkyl halides is 3. The Balaban J connectivity index is 2.00. The lowest BCUT2D eigenvalue weighted by molar-refractivity contribution is -0.137. The fraction of sp³-hybridized carbons (Fsp3) is 0.375. The van der Waals surface area contributed by atoms with Crippen LogP contribution in [0.4, 0.5) is 18.3 Å². The summed E-state index contributed by atoms with van der Waals surface area (Å²) in [6.45, 7) is 3.77. The van der Waals surface area contributed by atoms with E-state index in [2.05, 4.69) is 10.3 Å². The Kier molecular flexibility index (Phi) is 5.41. The second kappa shape index (κ2) is 7.12. The number of benzene rings is 1. The number of thiazole rings is 1. The molecular formula is C16H17F3N2OS. The van der Waals surface area contributed by atoms with E-state index in [0.29, 0.717) is 11.6 Å². The van der Waals surface area contributed by atoms with Crippen molar-refractivity contribution in [3.8, 4) is 0 Å². The fourth-order valence-corrected chi connectivity index (χ4v) is 2.72. The van der Waals surface area contributed by atoms with Crippen LogP contribution in [0.2, 0.25) is 0 Å². The standard InChI is InChI=1S/C16H17F3N2OS/c1-3-10(2)14(22)21-15-20-9-13(23-15)8-11-4-6-12(7-5-11)16(17,18)19/h4-7,9-10H,3,8H2,1-2H3,(H,20,21,22)/t10-/m0/s1. The van der Waals surface area contributed by atoms with Crippen LogP contribution in [0.15, 0.2) is 30.5 Å². The lowest BCUT2D eigenvalue weighted by Gasteiger charge is -2.07. The summed E-state index contributed by atoms with van der Waals surface area (Å²) >= 11 is 1.33. The highest BCUT2D eigenvalue weighted by molar-refractivity contribution is 7.15. The molecule has 0 saturated carbocycles. The summed E-state index contributed by atoms with van der Waals surface area (Å²) in [5.41, 5.74) is 0.105. The van der Waals surface area contributed by atoms with Crippen LogP contribution >= 0.6 is 11.3 Å². The first kappa shape index (κ1) is 17.5. The molecule has 2 aromatic rings. The highest BCUT2D eigenvalue weighted by Crippen LogP contribution is 2.30. The van der Waals surface area contributed by atoms with E-state index in [0.717, 1.165) is 29.0 Å². The number of aromatic nitrogens is 1. The number of hydrogen-bond acceptors (Lipinski definition) is 3. The van der Waals surface area contributed by atoms with E-state index in [-0.39, 0.29) is 11.8 Å². The summed E-state index contributed by atoms with van der Waals surface area (Å²) in [6.07, 6.45) is -1.46. The predicted molar refractivity (Wildman–Crippen MR) is 84.4 cm³/mol. The van der Waals surface area contributed by atoms with E-state index in [1.165, 1.54) is 23.5 Å². The van der Waals surface area contributed by atoms with Gasteiger partial charge in [-0.05, 0) is 24.1 Å². The molecule has 1 heterocycles. The van der Waals surface area contributed by atoms with Crippen LogP contribution in [-0.2, 0) is 17.4 Å². The van der Waals surface area contributed by atoms with Crippen LogP contribution in [0.25, 0.3) is 0 Å². The van der Waals surface area contributed by atoms with Gasteiger partial charge in [-0.25, -0.2) is 4.98 Å². The van der Waals surface area contributed by atoms with Crippen LogP contribution in [0.3, 0.4) is 0 Å². The number of amides is 1. The van der Waals surface area contributed by atoms with Crippen LogP contribution in [0, 0.1) is 5.92 Å². The van der Waals surface area contributed by atoms with E-state index in [4.69, 9.17) is 0 Å². The normalized spacial score (nSPS) is 12.9. The Labute approximate surface area is 136 Å². The van der Waals surface area contributed by atoms with Gasteiger partial charge in [-0.3, -0.25) is 4.79 Å². The maximum absolute atomic E-state index is 12.5. The van der Waals surface area contributed by atoms with Gasteiger partial charge in [0, 0.05) is 23.4 Å². The molecule has 124 valence electrons. The molecule has 0 saturated heterocycles. The Morgan fingerprint density at radius 3 is 2.52 bits per heavy atom. The third kappa shape index (κ3) is 4.79. The first-order valence-electron chi connectivity index (χ1n) is 7.21. The number of hydrogen-bond donors (Lipinski definition) is 1. The van der Waals surface area contributed by atoms with Crippen LogP contribution < -0.4 is 5.32 Å². The van der Waals surface area contributed by atoms with Crippen molar-refractivity contribution in [3.63, 3.8) is 0 Å². The molecule has 0 aliphatic rings. The molecule has 0 aliphatic heterocycles. The van der Waals surface area contributed by atoms with Gasteiger partial charge in [0.1, 0.15) is 0 Å². The molecule has 0 bridgehead atoms. The smallest absolute Gasteiger partial charge is 0.302 e. The zero-order valence-corrected chi connectivity index (χ0v) is 13.6. The molecular weight excluding hydrogens is 325 g/mol. The Bertz CT molecular complexity index is 665. The first-order chi connectivity index (χ1) is 10.8. The van der Waals surface area contributed by atoms with E-state index in [1.807, 2.05) is 13.8 Å². The summed E-state index contributed by atoms with van der Waals surface area (Å²) < 4.78 is 37.6. The lowest BCUT2D eigenvalue weighted by Crippen LogP contribution is -2.19. The van der Waals surface area contributed by atoms with Crippen molar-refractivity contribution in [2.24, 2.45) is 5.92 Å². The number of carbonyl (C=O) groups excluding carboxylic acids is 1. The van der Waals surface area contributed by atoms with Crippen molar-refractivity contribution < 1.29 is 18.0 Å². The second-order valence-electron chi connectivity index (χ2n) is 5.30. The van der Waals surface area contributed by atoms with Gasteiger partial charge in [-0.15, -0.1) is 11.3 Å². The SMILES string of the molecule is CC[C@H](C)C(=O)Nc1ncc(Cc2ccc(C(F)(F)F)cc2)s1. The second-order valence-corrected chi connectivity index (χ2v) is 6.42. The van der Waals surface area contributed by atoms with Gasteiger partial charge in [0.2, 0.25) is 5.91 Å². The number of halogens is 3. The number of nitrogens with zero attached hydrogens (tertiary/aromatic N) is 1. The van der Waals surface area contributed by atoms with Gasteiger partial charge in [0.25, 0.3) is 0 Å². The molecule has 0 unspecified atom stereocenters. The van der Waals surface area contributed by atoms with Gasteiger partial charge in [0.05, 0.1) is 5.56 Å². The van der Waals surface area contributed by atoms with Gasteiger partial charge in [-0.2, -0.15) is 13.2 Å². The quantitative estimate of drug-likeness (QED) is 0.853. The maximum Gasteiger partial charge on any atom is 0.416 e. The minimum absolute atomic E-state index is 0.0806. The summed E-state index contributed by atoms with van der Waals surface area (Å²) in [4.78, 5) is 16.8. The van der Waals surface area contributed by atoms with Crippen molar-refractivity contribution in [3.05, 3.63) is 46.5 Å². The van der Waals surface area contributed by atoms with Crippen molar-refractivity contribution in [2.45, 2.75) is 32.9 Å². The monoisotopic (exact) mass is 342 g/mol. The first-order valence-corrected chi connectivity index (χ1v) is 8.03. The van der Waals surface area contributed by atoms with E-state index >= 15 is 0 Å². The molecule has 3 nitrogen and oxygen atoms in total. The molecule has 1 atom stereocenters. The summed E-state index contributed by atoms with van der Waals surface area (Å²) in [5.74, 6) is -0.166. The summed E-state index contributed by atoms with van der Waals surface area (Å²) in [5, 5.41) is 3.26. The van der Waals surface area contributed by atoms with Crippen LogP contribution in [0.1, 0.15) is 36.3 Å². The molecule has 23 heavy (non-hydrogen) atoms. The van der Waals surface area contributed by atoms with Gasteiger partial charge >= 0.3 is 6.18 Å². The average molecular weight is 342 g/mol. The number of carbonyl (C=O) groups is 1. The molecule has 1 N–H and O–H groups in total. The largest absolute Gasteiger partial charge is 0.416 e. The number of rotatable bonds is 5.